The molecule has 5 heterocycles. The van der Waals surface area contributed by atoms with E-state index in [-0.39, 0.29) is 17.9 Å². The number of thiophene rings is 1. The molecular formula is C19H23N5O2S. The molecule has 27 heavy (non-hydrogen) atoms. The van der Waals surface area contributed by atoms with Gasteiger partial charge in [-0.3, -0.25) is 9.59 Å². The minimum atomic E-state index is -0.0984. The number of hydrogen-bond donors (Lipinski definition) is 2. The van der Waals surface area contributed by atoms with Crippen LogP contribution in [0, 0.1) is 0 Å². The highest BCUT2D eigenvalue weighted by Crippen LogP contribution is 2.33. The van der Waals surface area contributed by atoms with Gasteiger partial charge in [-0.25, -0.2) is 4.98 Å². The van der Waals surface area contributed by atoms with Gasteiger partial charge in [0.1, 0.15) is 5.69 Å². The Bertz CT molecular complexity index is 913. The van der Waals surface area contributed by atoms with Crippen molar-refractivity contribution in [2.75, 3.05) is 31.6 Å². The summed E-state index contributed by atoms with van der Waals surface area (Å²) in [6.07, 6.45) is 5.14. The number of piperazine rings is 1. The Morgan fingerprint density at radius 2 is 2.22 bits per heavy atom. The van der Waals surface area contributed by atoms with Crippen LogP contribution in [0.15, 0.2) is 18.3 Å². The molecule has 3 fully saturated rings. The topological polar surface area (TPSA) is 77.6 Å². The van der Waals surface area contributed by atoms with Crippen molar-refractivity contribution in [1.82, 2.24) is 20.5 Å². The number of likely N-dealkylation sites (N-methyl/N-ethyl adjacent to an activating group) is 1. The number of rotatable bonds is 3. The molecule has 3 aliphatic rings. The Morgan fingerprint density at radius 3 is 2.96 bits per heavy atom. The molecule has 0 saturated carbocycles. The Labute approximate surface area is 161 Å². The molecule has 2 aromatic rings. The Kier molecular flexibility index (Phi) is 4.05. The van der Waals surface area contributed by atoms with Crippen LogP contribution in [-0.4, -0.2) is 66.5 Å². The predicted octanol–water partition coefficient (Wildman–Crippen LogP) is 1.20. The fourth-order valence-electron chi connectivity index (χ4n) is 4.38. The van der Waals surface area contributed by atoms with Crippen molar-refractivity contribution >= 4 is 38.2 Å². The van der Waals surface area contributed by atoms with E-state index in [1.165, 1.54) is 6.42 Å². The molecule has 0 spiro atoms. The lowest BCUT2D eigenvalue weighted by Crippen LogP contribution is -2.48. The number of aromatic nitrogens is 1. The van der Waals surface area contributed by atoms with E-state index in [4.69, 9.17) is 0 Å². The highest BCUT2D eigenvalue weighted by molar-refractivity contribution is 7.22. The predicted molar refractivity (Wildman–Crippen MR) is 105 cm³/mol. The number of carbonyl (C=O) groups excluding carboxylic acids is 2. The molecule has 3 atom stereocenters. The van der Waals surface area contributed by atoms with Gasteiger partial charge < -0.3 is 20.4 Å². The summed E-state index contributed by atoms with van der Waals surface area (Å²) >= 11 is 1.62. The van der Waals surface area contributed by atoms with Gasteiger partial charge in [0.05, 0.1) is 16.2 Å². The summed E-state index contributed by atoms with van der Waals surface area (Å²) in [5.41, 5.74) is 0.462. The average Bonchev–Trinajstić information content (AvgIpc) is 3.38. The Hall–Kier alpha value is -2.19. The normalized spacial score (nSPS) is 27.6. The zero-order valence-electron chi connectivity index (χ0n) is 15.3. The first kappa shape index (κ1) is 16.9. The SMILES string of the molecule is CN1CCN(c2cc3cc(C(=O)N[C@@H]4C[C@H]5CC[C@@H]4N5)ncc3s2)CC1=O. The summed E-state index contributed by atoms with van der Waals surface area (Å²) < 4.78 is 1.04. The van der Waals surface area contributed by atoms with Crippen molar-refractivity contribution in [2.24, 2.45) is 0 Å². The van der Waals surface area contributed by atoms with E-state index in [2.05, 4.69) is 26.6 Å². The number of nitrogens with zero attached hydrogens (tertiary/aromatic N) is 3. The minimum absolute atomic E-state index is 0.0984. The molecule has 3 aliphatic heterocycles. The fourth-order valence-corrected chi connectivity index (χ4v) is 5.42. The molecule has 142 valence electrons. The lowest BCUT2D eigenvalue weighted by molar-refractivity contribution is -0.129. The smallest absolute Gasteiger partial charge is 0.270 e. The van der Waals surface area contributed by atoms with Gasteiger partial charge in [-0.2, -0.15) is 0 Å². The van der Waals surface area contributed by atoms with Crippen LogP contribution in [0.1, 0.15) is 29.8 Å². The molecule has 3 saturated heterocycles. The number of anilines is 1. The monoisotopic (exact) mass is 385 g/mol. The van der Waals surface area contributed by atoms with Gasteiger partial charge in [0.15, 0.2) is 0 Å². The maximum atomic E-state index is 12.6. The van der Waals surface area contributed by atoms with Crippen LogP contribution in [0.5, 0.6) is 0 Å². The van der Waals surface area contributed by atoms with Crippen LogP contribution in [0.25, 0.3) is 10.1 Å². The van der Waals surface area contributed by atoms with Crippen LogP contribution in [-0.2, 0) is 4.79 Å². The number of nitrogens with one attached hydrogen (secondary N) is 2. The highest BCUT2D eigenvalue weighted by atomic mass is 32.1. The van der Waals surface area contributed by atoms with Crippen molar-refractivity contribution in [1.29, 1.82) is 0 Å². The second-order valence-electron chi connectivity index (χ2n) is 7.79. The van der Waals surface area contributed by atoms with E-state index in [1.54, 1.807) is 22.4 Å². The fraction of sp³-hybridized carbons (Fsp3) is 0.526. The van der Waals surface area contributed by atoms with Gasteiger partial charge in [0.2, 0.25) is 5.91 Å². The van der Waals surface area contributed by atoms with Crippen LogP contribution in [0.4, 0.5) is 5.00 Å². The van der Waals surface area contributed by atoms with Gasteiger partial charge in [0.25, 0.3) is 5.91 Å². The van der Waals surface area contributed by atoms with Crippen molar-refractivity contribution in [3.63, 3.8) is 0 Å². The minimum Gasteiger partial charge on any atom is -0.352 e. The molecule has 8 heteroatoms. The molecule has 5 rings (SSSR count). The van der Waals surface area contributed by atoms with E-state index in [9.17, 15) is 9.59 Å². The molecular weight excluding hydrogens is 362 g/mol. The second kappa shape index (κ2) is 6.45. The van der Waals surface area contributed by atoms with Crippen molar-refractivity contribution in [2.45, 2.75) is 37.4 Å². The molecule has 2 N–H and O–H groups in total. The van der Waals surface area contributed by atoms with Crippen molar-refractivity contribution in [3.8, 4) is 0 Å². The molecule has 7 nitrogen and oxygen atoms in total. The summed E-state index contributed by atoms with van der Waals surface area (Å²) in [4.78, 5) is 32.9. The third-order valence-electron chi connectivity index (χ3n) is 6.01. The number of carbonyl (C=O) groups is 2. The van der Waals surface area contributed by atoms with Crippen LogP contribution < -0.4 is 15.5 Å². The van der Waals surface area contributed by atoms with E-state index in [0.717, 1.165) is 41.0 Å². The third kappa shape index (κ3) is 3.06. The molecule has 0 aromatic carbocycles. The van der Waals surface area contributed by atoms with Gasteiger partial charge in [-0.15, -0.1) is 11.3 Å². The van der Waals surface area contributed by atoms with Crippen LogP contribution in [0.2, 0.25) is 0 Å². The maximum Gasteiger partial charge on any atom is 0.270 e. The third-order valence-corrected chi connectivity index (χ3v) is 7.16. The molecule has 0 aliphatic carbocycles. The van der Waals surface area contributed by atoms with E-state index < -0.39 is 0 Å². The zero-order valence-corrected chi connectivity index (χ0v) is 16.1. The zero-order chi connectivity index (χ0) is 18.5. The second-order valence-corrected chi connectivity index (χ2v) is 8.85. The molecule has 0 radical (unpaired) electrons. The van der Waals surface area contributed by atoms with E-state index in [0.29, 0.717) is 24.3 Å². The van der Waals surface area contributed by atoms with Crippen LogP contribution in [0.3, 0.4) is 0 Å². The standard InChI is InChI=1S/C19H23N5O2S/c1-23-4-5-24(10-17(23)25)18-7-11-6-15(20-9-16(11)27-18)19(26)22-14-8-12-2-3-13(14)21-12/h6-7,9,12-14,21H,2-5,8,10H2,1H3,(H,22,26)/t12-,13+,14-/m1/s1. The maximum absolute atomic E-state index is 12.6. The van der Waals surface area contributed by atoms with Gasteiger partial charge >= 0.3 is 0 Å². The summed E-state index contributed by atoms with van der Waals surface area (Å²) in [6.45, 7) is 1.96. The first-order valence-corrected chi connectivity index (χ1v) is 10.3. The van der Waals surface area contributed by atoms with Gasteiger partial charge in [-0.1, -0.05) is 0 Å². The van der Waals surface area contributed by atoms with Gasteiger partial charge in [-0.05, 0) is 36.8 Å². The summed E-state index contributed by atoms with van der Waals surface area (Å²) in [5.74, 6) is 0.0372. The first-order chi connectivity index (χ1) is 13.1. The summed E-state index contributed by atoms with van der Waals surface area (Å²) in [5, 5.41) is 8.76. The lowest BCUT2D eigenvalue weighted by atomic mass is 9.95. The highest BCUT2D eigenvalue weighted by Gasteiger charge is 2.39. The number of fused-ring (bicyclic) bond motifs is 3. The molecule has 2 amide bonds. The average molecular weight is 385 g/mol. The summed E-state index contributed by atoms with van der Waals surface area (Å²) in [6, 6.07) is 5.11. The van der Waals surface area contributed by atoms with Crippen molar-refractivity contribution < 1.29 is 9.59 Å². The van der Waals surface area contributed by atoms with E-state index in [1.807, 2.05) is 13.1 Å². The van der Waals surface area contributed by atoms with Gasteiger partial charge in [0, 0.05) is 44.5 Å². The largest absolute Gasteiger partial charge is 0.352 e. The molecule has 2 bridgehead atoms. The first-order valence-electron chi connectivity index (χ1n) is 9.52. The number of amides is 2. The van der Waals surface area contributed by atoms with Crippen LogP contribution >= 0.6 is 11.3 Å². The number of pyridine rings is 1. The Balaban J connectivity index is 1.33. The Morgan fingerprint density at radius 1 is 1.33 bits per heavy atom. The van der Waals surface area contributed by atoms with Crippen molar-refractivity contribution in [3.05, 3.63) is 24.0 Å². The van der Waals surface area contributed by atoms with E-state index >= 15 is 0 Å². The quantitative estimate of drug-likeness (QED) is 0.830. The molecule has 2 aromatic heterocycles. The number of hydrogen-bond acceptors (Lipinski definition) is 6. The summed E-state index contributed by atoms with van der Waals surface area (Å²) in [7, 11) is 1.84. The molecule has 0 unspecified atom stereocenters. The lowest BCUT2D eigenvalue weighted by Gasteiger charge is -2.32.